The number of rotatable bonds is 3. The maximum absolute atomic E-state index is 3.46. The fourth-order valence-corrected chi connectivity index (χ4v) is 2.40. The van der Waals surface area contributed by atoms with Gasteiger partial charge in [0.15, 0.2) is 0 Å². The maximum atomic E-state index is 3.46. The molecule has 2 rings (SSSR count). The van der Waals surface area contributed by atoms with Crippen LogP contribution in [0.15, 0.2) is 18.2 Å². The molecule has 1 aliphatic rings. The van der Waals surface area contributed by atoms with Crippen molar-refractivity contribution in [3.63, 3.8) is 0 Å². The Bertz CT molecular complexity index is 330. The van der Waals surface area contributed by atoms with Gasteiger partial charge in [0.1, 0.15) is 0 Å². The van der Waals surface area contributed by atoms with E-state index in [1.54, 1.807) is 0 Å². The Morgan fingerprint density at radius 2 is 2.27 bits per heavy atom. The lowest BCUT2D eigenvalue weighted by molar-refractivity contribution is 0.663. The molecule has 0 radical (unpaired) electrons. The van der Waals surface area contributed by atoms with Crippen molar-refractivity contribution in [1.82, 2.24) is 0 Å². The number of benzene rings is 1. The Balaban J connectivity index is 2.20. The second kappa shape index (κ2) is 4.69. The van der Waals surface area contributed by atoms with Crippen molar-refractivity contribution in [2.24, 2.45) is 0 Å². The highest BCUT2D eigenvalue weighted by molar-refractivity contribution is 5.54. The van der Waals surface area contributed by atoms with Crippen molar-refractivity contribution in [3.05, 3.63) is 29.3 Å². The van der Waals surface area contributed by atoms with Crippen molar-refractivity contribution in [2.75, 3.05) is 11.9 Å². The Kier molecular flexibility index (Phi) is 3.30. The summed E-state index contributed by atoms with van der Waals surface area (Å²) < 4.78 is 0. The molecule has 1 heteroatoms. The monoisotopic (exact) mass is 203 g/mol. The summed E-state index contributed by atoms with van der Waals surface area (Å²) in [6.45, 7) is 5.73. The first-order valence-electron chi connectivity index (χ1n) is 6.18. The predicted octanol–water partition coefficient (Wildman–Crippen LogP) is 3.95. The zero-order chi connectivity index (χ0) is 10.7. The van der Waals surface area contributed by atoms with Crippen LogP contribution in [-0.4, -0.2) is 6.54 Å². The summed E-state index contributed by atoms with van der Waals surface area (Å²) in [6, 6.07) is 6.95. The highest BCUT2D eigenvalue weighted by atomic mass is 14.9. The van der Waals surface area contributed by atoms with Crippen molar-refractivity contribution in [1.29, 1.82) is 0 Å². The van der Waals surface area contributed by atoms with Gasteiger partial charge in [-0.2, -0.15) is 0 Å². The summed E-state index contributed by atoms with van der Waals surface area (Å²) in [5.74, 6) is 0.710. The zero-order valence-corrected chi connectivity index (χ0v) is 9.84. The predicted molar refractivity (Wildman–Crippen MR) is 66.6 cm³/mol. The molecule has 0 fully saturated rings. The van der Waals surface area contributed by atoms with Gasteiger partial charge in [0.2, 0.25) is 0 Å². The van der Waals surface area contributed by atoms with Gasteiger partial charge in [0, 0.05) is 12.2 Å². The number of nitrogens with one attached hydrogen (secondary N) is 1. The molecule has 1 N–H and O–H groups in total. The highest BCUT2D eigenvalue weighted by Gasteiger charge is 2.11. The van der Waals surface area contributed by atoms with E-state index in [1.807, 2.05) is 0 Å². The third kappa shape index (κ3) is 2.34. The molecule has 0 saturated heterocycles. The van der Waals surface area contributed by atoms with Gasteiger partial charge in [0.05, 0.1) is 0 Å². The molecule has 1 aromatic rings. The molecule has 1 nitrogen and oxygen atoms in total. The smallest absolute Gasteiger partial charge is 0.0372 e. The van der Waals surface area contributed by atoms with Crippen LogP contribution in [0, 0.1) is 0 Å². The quantitative estimate of drug-likeness (QED) is 0.784. The number of fused-ring (bicyclic) bond motifs is 1. The van der Waals surface area contributed by atoms with Crippen LogP contribution in [0.3, 0.4) is 0 Å². The van der Waals surface area contributed by atoms with Gasteiger partial charge in [-0.15, -0.1) is 0 Å². The Morgan fingerprint density at radius 3 is 3.07 bits per heavy atom. The lowest BCUT2D eigenvalue weighted by Crippen LogP contribution is -2.12. The number of anilines is 1. The highest BCUT2D eigenvalue weighted by Crippen LogP contribution is 2.28. The van der Waals surface area contributed by atoms with Crippen LogP contribution < -0.4 is 5.32 Å². The molecule has 1 heterocycles. The fourth-order valence-electron chi connectivity index (χ4n) is 2.40. The second-order valence-corrected chi connectivity index (χ2v) is 4.64. The van der Waals surface area contributed by atoms with E-state index in [1.165, 1.54) is 42.5 Å². The summed E-state index contributed by atoms with van der Waals surface area (Å²) in [7, 11) is 0. The Hall–Kier alpha value is -0.980. The first-order valence-corrected chi connectivity index (χ1v) is 6.18. The van der Waals surface area contributed by atoms with Gasteiger partial charge < -0.3 is 5.32 Å². The normalized spacial score (nSPS) is 16.7. The third-order valence-corrected chi connectivity index (χ3v) is 3.36. The molecule has 0 saturated carbocycles. The molecule has 0 bridgehead atoms. The SMILES string of the molecule is CCCC(C)c1ccc2c(c1)CCCN2. The van der Waals surface area contributed by atoms with E-state index in [4.69, 9.17) is 0 Å². The summed E-state index contributed by atoms with van der Waals surface area (Å²) in [5.41, 5.74) is 4.38. The lowest BCUT2D eigenvalue weighted by Gasteiger charge is -2.20. The molecule has 15 heavy (non-hydrogen) atoms. The standard InChI is InChI=1S/C14H21N/c1-3-5-11(2)12-7-8-14-13(10-12)6-4-9-15-14/h7-8,10-11,15H,3-6,9H2,1-2H3. The first kappa shape index (κ1) is 10.5. The van der Waals surface area contributed by atoms with Crippen molar-refractivity contribution in [3.8, 4) is 0 Å². The summed E-state index contributed by atoms with van der Waals surface area (Å²) in [4.78, 5) is 0. The van der Waals surface area contributed by atoms with Gasteiger partial charge in [-0.05, 0) is 42.4 Å². The van der Waals surface area contributed by atoms with E-state index in [9.17, 15) is 0 Å². The van der Waals surface area contributed by atoms with Crippen LogP contribution >= 0.6 is 0 Å². The lowest BCUT2D eigenvalue weighted by atomic mass is 9.92. The number of aryl methyl sites for hydroxylation is 1. The molecule has 1 aromatic carbocycles. The van der Waals surface area contributed by atoms with Crippen LogP contribution in [0.4, 0.5) is 5.69 Å². The van der Waals surface area contributed by atoms with Crippen LogP contribution in [-0.2, 0) is 6.42 Å². The average Bonchev–Trinajstić information content (AvgIpc) is 2.29. The van der Waals surface area contributed by atoms with E-state index in [0.717, 1.165) is 6.54 Å². The largest absolute Gasteiger partial charge is 0.385 e. The van der Waals surface area contributed by atoms with Crippen molar-refractivity contribution >= 4 is 5.69 Å². The van der Waals surface area contributed by atoms with Crippen LogP contribution in [0.1, 0.15) is 50.2 Å². The topological polar surface area (TPSA) is 12.0 Å². The third-order valence-electron chi connectivity index (χ3n) is 3.36. The van der Waals surface area contributed by atoms with Gasteiger partial charge in [-0.3, -0.25) is 0 Å². The van der Waals surface area contributed by atoms with E-state index in [2.05, 4.69) is 37.4 Å². The summed E-state index contributed by atoms with van der Waals surface area (Å²) >= 11 is 0. The molecule has 1 aliphatic heterocycles. The minimum Gasteiger partial charge on any atom is -0.385 e. The summed E-state index contributed by atoms with van der Waals surface area (Å²) in [6.07, 6.45) is 5.09. The Labute approximate surface area is 92.9 Å². The molecular formula is C14H21N. The van der Waals surface area contributed by atoms with E-state index < -0.39 is 0 Å². The molecule has 0 aliphatic carbocycles. The van der Waals surface area contributed by atoms with Crippen molar-refractivity contribution in [2.45, 2.75) is 45.4 Å². The second-order valence-electron chi connectivity index (χ2n) is 4.64. The molecule has 0 spiro atoms. The van der Waals surface area contributed by atoms with Gasteiger partial charge in [0.25, 0.3) is 0 Å². The van der Waals surface area contributed by atoms with Crippen LogP contribution in [0.25, 0.3) is 0 Å². The Morgan fingerprint density at radius 1 is 1.40 bits per heavy atom. The van der Waals surface area contributed by atoms with Gasteiger partial charge >= 0.3 is 0 Å². The molecule has 1 atom stereocenters. The van der Waals surface area contributed by atoms with Crippen LogP contribution in [0.5, 0.6) is 0 Å². The minimum absolute atomic E-state index is 0.710. The van der Waals surface area contributed by atoms with Gasteiger partial charge in [-0.1, -0.05) is 32.4 Å². The number of hydrogen-bond donors (Lipinski definition) is 1. The molecule has 0 aromatic heterocycles. The van der Waals surface area contributed by atoms with Crippen molar-refractivity contribution < 1.29 is 0 Å². The van der Waals surface area contributed by atoms with E-state index in [-0.39, 0.29) is 0 Å². The summed E-state index contributed by atoms with van der Waals surface area (Å²) in [5, 5.41) is 3.46. The maximum Gasteiger partial charge on any atom is 0.0372 e. The zero-order valence-electron chi connectivity index (χ0n) is 9.84. The fraction of sp³-hybridized carbons (Fsp3) is 0.571. The molecular weight excluding hydrogens is 182 g/mol. The molecule has 0 amide bonds. The number of hydrogen-bond acceptors (Lipinski definition) is 1. The van der Waals surface area contributed by atoms with E-state index >= 15 is 0 Å². The molecule has 1 unspecified atom stereocenters. The van der Waals surface area contributed by atoms with Crippen LogP contribution in [0.2, 0.25) is 0 Å². The van der Waals surface area contributed by atoms with Gasteiger partial charge in [-0.25, -0.2) is 0 Å². The average molecular weight is 203 g/mol. The minimum atomic E-state index is 0.710. The first-order chi connectivity index (χ1) is 7.31. The van der Waals surface area contributed by atoms with E-state index in [0.29, 0.717) is 5.92 Å². The molecule has 82 valence electrons.